The van der Waals surface area contributed by atoms with Crippen LogP contribution in [0.25, 0.3) is 0 Å². The van der Waals surface area contributed by atoms with E-state index in [1.54, 1.807) is 21.3 Å². The van der Waals surface area contributed by atoms with Crippen molar-refractivity contribution in [2.75, 3.05) is 41.2 Å². The fourth-order valence-electron chi connectivity index (χ4n) is 7.20. The Balaban J connectivity index is 0.000000553. The number of carbonyl (C=O) groups excluding carboxylic acids is 4. The summed E-state index contributed by atoms with van der Waals surface area (Å²) in [7, 11) is -7.90. The summed E-state index contributed by atoms with van der Waals surface area (Å²) in [5.74, 6) is -2.07. The van der Waals surface area contributed by atoms with Crippen LogP contribution >= 0.6 is 0 Å². The van der Waals surface area contributed by atoms with E-state index in [-0.39, 0.29) is 36.6 Å². The second-order valence-corrected chi connectivity index (χ2v) is 40.2. The summed E-state index contributed by atoms with van der Waals surface area (Å²) < 4.78 is 57.0. The van der Waals surface area contributed by atoms with E-state index in [4.69, 9.17) is 34.8 Å². The zero-order valence-corrected chi connectivity index (χ0v) is 42.5. The van der Waals surface area contributed by atoms with E-state index in [9.17, 15) is 19.2 Å². The van der Waals surface area contributed by atoms with Gasteiger partial charge in [-0.2, -0.15) is 0 Å². The third-order valence-corrected chi connectivity index (χ3v) is 31.4. The fourth-order valence-corrected chi connectivity index (χ4v) is 33.3. The number of hydrogen-bond acceptors (Lipinski definition) is 14. The monoisotopic (exact) mass is 886 g/mol. The van der Waals surface area contributed by atoms with Crippen LogP contribution in [0.15, 0.2) is 0 Å². The van der Waals surface area contributed by atoms with E-state index in [0.717, 1.165) is 49.1 Å². The van der Waals surface area contributed by atoms with Gasteiger partial charge in [0.05, 0.1) is 24.7 Å². The molecular formula is C35H74O14Si6. The topological polar surface area (TPSA) is 161 Å². The summed E-state index contributed by atoms with van der Waals surface area (Å²) in [6.45, 7) is 25.5. The van der Waals surface area contributed by atoms with E-state index in [0.29, 0.717) is 32.7 Å². The number of hydrogen-bond donors (Lipinski definition) is 0. The van der Waals surface area contributed by atoms with Gasteiger partial charge in [-0.1, -0.05) is 12.8 Å². The lowest BCUT2D eigenvalue weighted by atomic mass is 10.0. The van der Waals surface area contributed by atoms with Gasteiger partial charge in [-0.15, -0.1) is 0 Å². The van der Waals surface area contributed by atoms with Crippen molar-refractivity contribution in [3.63, 3.8) is 0 Å². The molecule has 0 aromatic rings. The summed E-state index contributed by atoms with van der Waals surface area (Å²) in [4.78, 5) is 45.5. The Kier molecular flexibility index (Phi) is 22.6. The van der Waals surface area contributed by atoms with Crippen LogP contribution in [-0.2, 0) is 63.4 Å². The highest BCUT2D eigenvalue weighted by Gasteiger charge is 2.45. The van der Waals surface area contributed by atoms with Crippen LogP contribution in [0.5, 0.6) is 0 Å². The van der Waals surface area contributed by atoms with Crippen molar-refractivity contribution in [3.8, 4) is 0 Å². The molecule has 2 aliphatic rings. The highest BCUT2D eigenvalue weighted by Crippen LogP contribution is 2.32. The van der Waals surface area contributed by atoms with Crippen molar-refractivity contribution < 1.29 is 63.4 Å². The van der Waals surface area contributed by atoms with E-state index in [1.807, 2.05) is 20.8 Å². The molecule has 0 aliphatic carbocycles. The molecule has 2 rings (SSSR count). The summed E-state index contributed by atoms with van der Waals surface area (Å²) >= 11 is 0. The number of cyclic esters (lactones) is 4. The second kappa shape index (κ2) is 23.8. The third-order valence-electron chi connectivity index (χ3n) is 9.78. The molecule has 0 N–H and O–H groups in total. The lowest BCUT2D eigenvalue weighted by Crippen LogP contribution is -2.50. The first-order valence-corrected chi connectivity index (χ1v) is 36.3. The maximum atomic E-state index is 11.6. The first-order valence-electron chi connectivity index (χ1n) is 19.9. The highest BCUT2D eigenvalue weighted by molar-refractivity contribution is 6.86. The average molecular weight is 887 g/mol. The molecule has 2 aliphatic heterocycles. The average Bonchev–Trinajstić information content (AvgIpc) is 3.57. The van der Waals surface area contributed by atoms with Crippen molar-refractivity contribution in [2.24, 2.45) is 11.8 Å². The molecule has 2 saturated heterocycles. The van der Waals surface area contributed by atoms with Gasteiger partial charge in [0.15, 0.2) is 33.3 Å². The minimum absolute atomic E-state index is 0.222. The first kappa shape index (κ1) is 52.3. The van der Waals surface area contributed by atoms with Gasteiger partial charge in [-0.25, -0.2) is 0 Å². The summed E-state index contributed by atoms with van der Waals surface area (Å²) in [5, 5.41) is 0. The van der Waals surface area contributed by atoms with Gasteiger partial charge in [0.1, 0.15) is 0 Å². The molecule has 0 aromatic heterocycles. The maximum absolute atomic E-state index is 11.6. The Labute approximate surface area is 337 Å². The van der Waals surface area contributed by atoms with Gasteiger partial charge >= 0.3 is 41.5 Å². The summed E-state index contributed by atoms with van der Waals surface area (Å²) in [5.41, 5.74) is 0. The van der Waals surface area contributed by atoms with Crippen molar-refractivity contribution in [1.29, 1.82) is 0 Å². The van der Waals surface area contributed by atoms with Crippen molar-refractivity contribution in [2.45, 2.75) is 148 Å². The Bertz CT molecular complexity index is 1190. The second-order valence-electron chi connectivity index (χ2n) is 16.7. The lowest BCUT2D eigenvalue weighted by Gasteiger charge is -2.36. The van der Waals surface area contributed by atoms with Crippen LogP contribution in [0, 0.1) is 11.8 Å². The van der Waals surface area contributed by atoms with Crippen LogP contribution in [0.2, 0.25) is 88.6 Å². The molecular weight excluding hydrogens is 813 g/mol. The Hall–Kier alpha value is -0.739. The fraction of sp³-hybridized carbons (Fsp3) is 0.886. The van der Waals surface area contributed by atoms with E-state index in [1.165, 1.54) is 0 Å². The number of carbonyl (C=O) groups is 4. The minimum atomic E-state index is -2.65. The van der Waals surface area contributed by atoms with E-state index < -0.39 is 62.8 Å². The molecule has 55 heavy (non-hydrogen) atoms. The SMILES string of the molecule is CCO[Si](CC[Si](C)(C)O[Si](C)(C)CCCC1CC(=O)OC1=O)(OCC)OCC.CO[Si](CC[Si](C)(C)O[Si](C)(C)CCCC1CC(=O)OC1=O)(OC)OC. The molecule has 2 atom stereocenters. The number of rotatable bonds is 27. The number of ether oxygens (including phenoxy) is 2. The smallest absolute Gasteiger partial charge is 0.456 e. The highest BCUT2D eigenvalue weighted by atomic mass is 28.4. The number of esters is 4. The molecule has 0 saturated carbocycles. The maximum Gasteiger partial charge on any atom is 0.500 e. The third kappa shape index (κ3) is 19.7. The van der Waals surface area contributed by atoms with Crippen molar-refractivity contribution in [1.82, 2.24) is 0 Å². The summed E-state index contributed by atoms with van der Waals surface area (Å²) in [6, 6.07) is 5.29. The van der Waals surface area contributed by atoms with Gasteiger partial charge in [0, 0.05) is 53.2 Å². The lowest BCUT2D eigenvalue weighted by molar-refractivity contribution is -0.155. The quantitative estimate of drug-likeness (QED) is 0.0453. The Morgan fingerprint density at radius 3 is 1.07 bits per heavy atom. The van der Waals surface area contributed by atoms with Crippen LogP contribution in [0.4, 0.5) is 0 Å². The van der Waals surface area contributed by atoms with Crippen molar-refractivity contribution >= 4 is 74.8 Å². The van der Waals surface area contributed by atoms with Gasteiger partial charge in [-0.05, 0) is 110 Å². The van der Waals surface area contributed by atoms with Crippen molar-refractivity contribution in [3.05, 3.63) is 0 Å². The summed E-state index contributed by atoms with van der Waals surface area (Å²) in [6.07, 6.45) is 3.59. The van der Waals surface area contributed by atoms with Gasteiger partial charge in [-0.3, -0.25) is 19.2 Å². The van der Waals surface area contributed by atoms with Gasteiger partial charge < -0.3 is 44.3 Å². The Morgan fingerprint density at radius 1 is 0.491 bits per heavy atom. The molecule has 0 radical (unpaired) electrons. The van der Waals surface area contributed by atoms with Gasteiger partial charge in [0.25, 0.3) is 0 Å². The molecule has 0 aromatic carbocycles. The molecule has 2 heterocycles. The largest absolute Gasteiger partial charge is 0.500 e. The molecule has 322 valence electrons. The van der Waals surface area contributed by atoms with E-state index in [2.05, 4.69) is 61.8 Å². The minimum Gasteiger partial charge on any atom is -0.456 e. The molecule has 14 nitrogen and oxygen atoms in total. The zero-order valence-electron chi connectivity index (χ0n) is 36.5. The molecule has 0 amide bonds. The molecule has 0 spiro atoms. The van der Waals surface area contributed by atoms with Gasteiger partial charge in [0.2, 0.25) is 0 Å². The van der Waals surface area contributed by atoms with E-state index >= 15 is 0 Å². The van der Waals surface area contributed by atoms with Crippen LogP contribution in [0.1, 0.15) is 59.3 Å². The predicted molar refractivity (Wildman–Crippen MR) is 225 cm³/mol. The van der Waals surface area contributed by atoms with Crippen LogP contribution in [-0.4, -0.2) is 116 Å². The van der Waals surface area contributed by atoms with Crippen LogP contribution in [0.3, 0.4) is 0 Å². The Morgan fingerprint density at radius 2 is 0.800 bits per heavy atom. The molecule has 2 fully saturated rings. The predicted octanol–water partition coefficient (Wildman–Crippen LogP) is 7.49. The zero-order chi connectivity index (χ0) is 42.1. The standard InChI is InChI=1S/C19H40O7Si3.C16H34O7Si3/c1-8-22-29(23-9-2,24-10-3)15-14-28(6,7)26-27(4,5)13-11-12-17-16-18(20)25-19(17)21;1-19-26(20-2,21-3)12-11-25(6,7)23-24(4,5)10-8-9-14-13-15(17)22-16(14)18/h17H,8-16H2,1-7H3;14H,8-13H2,1-7H3. The van der Waals surface area contributed by atoms with Crippen LogP contribution < -0.4 is 0 Å². The molecule has 0 bridgehead atoms. The molecule has 20 heteroatoms. The normalized spacial score (nSPS) is 18.7. The molecule has 2 unspecified atom stereocenters. The first-order chi connectivity index (χ1) is 25.5.